The van der Waals surface area contributed by atoms with Crippen LogP contribution in [-0.2, 0) is 24.4 Å². The predicted octanol–water partition coefficient (Wildman–Crippen LogP) is 3.48. The lowest BCUT2D eigenvalue weighted by atomic mass is 10.1. The first-order chi connectivity index (χ1) is 11.7. The van der Waals surface area contributed by atoms with Crippen molar-refractivity contribution in [3.8, 4) is 0 Å². The monoisotopic (exact) mass is 325 g/mol. The molecule has 2 aromatic carbocycles. The molecule has 0 radical (unpaired) electrons. The number of guanidine groups is 1. The second-order valence-electron chi connectivity index (χ2n) is 5.94. The number of hydrogen-bond acceptors (Lipinski definition) is 2. The Morgan fingerprint density at radius 1 is 0.917 bits per heavy atom. The van der Waals surface area contributed by atoms with Crippen molar-refractivity contribution in [3.05, 3.63) is 71.3 Å². The Balaban J connectivity index is 1.83. The fourth-order valence-corrected chi connectivity index (χ4v) is 2.28. The van der Waals surface area contributed by atoms with Crippen LogP contribution in [-0.4, -0.2) is 19.1 Å². The molecule has 4 nitrogen and oxygen atoms in total. The van der Waals surface area contributed by atoms with E-state index in [2.05, 4.69) is 52.0 Å². The van der Waals surface area contributed by atoms with Crippen molar-refractivity contribution in [1.82, 2.24) is 10.6 Å². The zero-order chi connectivity index (χ0) is 17.2. The van der Waals surface area contributed by atoms with Gasteiger partial charge in [-0.1, -0.05) is 54.6 Å². The molecular formula is C20H27N3O. The van der Waals surface area contributed by atoms with Crippen molar-refractivity contribution in [1.29, 1.82) is 0 Å². The van der Waals surface area contributed by atoms with Gasteiger partial charge in [-0.25, -0.2) is 0 Å². The lowest BCUT2D eigenvalue weighted by Gasteiger charge is -2.13. The Hall–Kier alpha value is -2.33. The van der Waals surface area contributed by atoms with Gasteiger partial charge < -0.3 is 15.4 Å². The second kappa shape index (κ2) is 9.73. The molecule has 0 aliphatic heterocycles. The molecule has 2 rings (SSSR count). The van der Waals surface area contributed by atoms with Crippen LogP contribution < -0.4 is 10.6 Å². The van der Waals surface area contributed by atoms with E-state index in [4.69, 9.17) is 4.74 Å². The highest BCUT2D eigenvalue weighted by molar-refractivity contribution is 5.79. The van der Waals surface area contributed by atoms with Gasteiger partial charge in [-0.15, -0.1) is 0 Å². The van der Waals surface area contributed by atoms with E-state index in [0.29, 0.717) is 6.61 Å². The van der Waals surface area contributed by atoms with Crippen LogP contribution >= 0.6 is 0 Å². The van der Waals surface area contributed by atoms with Gasteiger partial charge in [0.1, 0.15) is 0 Å². The topological polar surface area (TPSA) is 45.7 Å². The maximum Gasteiger partial charge on any atom is 0.191 e. The Kier molecular flexibility index (Phi) is 7.30. The number of nitrogens with one attached hydrogen (secondary N) is 2. The third kappa shape index (κ3) is 6.42. The van der Waals surface area contributed by atoms with Crippen LogP contribution in [0, 0.1) is 0 Å². The molecule has 0 fully saturated rings. The summed E-state index contributed by atoms with van der Waals surface area (Å²) < 4.78 is 5.66. The lowest BCUT2D eigenvalue weighted by molar-refractivity contribution is 0.0657. The normalized spacial score (nSPS) is 11.6. The van der Waals surface area contributed by atoms with E-state index in [0.717, 1.165) is 19.0 Å². The molecule has 2 aromatic rings. The standard InChI is InChI=1S/C20H27N3O/c1-16(2)24-15-19-11-7-10-18(12-19)14-23-20(21-3)22-13-17-8-5-4-6-9-17/h4-12,16H,13-15H2,1-3H3,(H2,21,22,23). The van der Waals surface area contributed by atoms with E-state index in [9.17, 15) is 0 Å². The Labute approximate surface area is 145 Å². The smallest absolute Gasteiger partial charge is 0.191 e. The van der Waals surface area contributed by atoms with E-state index in [-0.39, 0.29) is 6.10 Å². The predicted molar refractivity (Wildman–Crippen MR) is 99.8 cm³/mol. The molecule has 0 saturated heterocycles. The number of benzene rings is 2. The number of nitrogens with zero attached hydrogens (tertiary/aromatic N) is 1. The fourth-order valence-electron chi connectivity index (χ4n) is 2.28. The van der Waals surface area contributed by atoms with Crippen molar-refractivity contribution in [2.75, 3.05) is 7.05 Å². The summed E-state index contributed by atoms with van der Waals surface area (Å²) in [5, 5.41) is 6.67. The molecule has 2 N–H and O–H groups in total. The Morgan fingerprint density at radius 2 is 1.54 bits per heavy atom. The van der Waals surface area contributed by atoms with E-state index < -0.39 is 0 Å². The first-order valence-corrected chi connectivity index (χ1v) is 8.35. The molecule has 0 spiro atoms. The number of rotatable bonds is 7. The van der Waals surface area contributed by atoms with Gasteiger partial charge >= 0.3 is 0 Å². The summed E-state index contributed by atoms with van der Waals surface area (Å²) in [5.74, 6) is 0.794. The van der Waals surface area contributed by atoms with Gasteiger partial charge in [-0.2, -0.15) is 0 Å². The van der Waals surface area contributed by atoms with Crippen LogP contribution in [0.2, 0.25) is 0 Å². The SMILES string of the molecule is CN=C(NCc1ccccc1)NCc1cccc(COC(C)C)c1. The lowest BCUT2D eigenvalue weighted by Crippen LogP contribution is -2.36. The average molecular weight is 325 g/mol. The van der Waals surface area contributed by atoms with E-state index in [1.54, 1.807) is 7.05 Å². The van der Waals surface area contributed by atoms with Gasteiger partial charge in [0.2, 0.25) is 0 Å². The van der Waals surface area contributed by atoms with Gasteiger partial charge in [0.15, 0.2) is 5.96 Å². The Morgan fingerprint density at radius 3 is 2.21 bits per heavy atom. The summed E-state index contributed by atoms with van der Waals surface area (Å²) in [4.78, 5) is 4.27. The zero-order valence-electron chi connectivity index (χ0n) is 14.8. The maximum absolute atomic E-state index is 5.66. The highest BCUT2D eigenvalue weighted by Gasteiger charge is 2.01. The number of ether oxygens (including phenoxy) is 1. The highest BCUT2D eigenvalue weighted by Crippen LogP contribution is 2.08. The van der Waals surface area contributed by atoms with Crippen molar-refractivity contribution in [2.24, 2.45) is 4.99 Å². The van der Waals surface area contributed by atoms with Gasteiger partial charge in [-0.05, 0) is 30.5 Å². The summed E-state index contributed by atoms with van der Waals surface area (Å²) >= 11 is 0. The summed E-state index contributed by atoms with van der Waals surface area (Å²) in [6.45, 7) is 6.22. The maximum atomic E-state index is 5.66. The second-order valence-corrected chi connectivity index (χ2v) is 5.94. The van der Waals surface area contributed by atoms with E-state index in [1.807, 2.05) is 32.0 Å². The first kappa shape index (κ1) is 18.0. The number of hydrogen-bond donors (Lipinski definition) is 2. The zero-order valence-corrected chi connectivity index (χ0v) is 14.8. The summed E-state index contributed by atoms with van der Waals surface area (Å²) in [6, 6.07) is 18.7. The minimum atomic E-state index is 0.243. The molecule has 4 heteroatoms. The van der Waals surface area contributed by atoms with Crippen LogP contribution in [0.4, 0.5) is 0 Å². The molecule has 0 atom stereocenters. The van der Waals surface area contributed by atoms with E-state index in [1.165, 1.54) is 16.7 Å². The average Bonchev–Trinajstić information content (AvgIpc) is 2.61. The molecule has 0 aliphatic rings. The molecule has 0 bridgehead atoms. The molecule has 0 aromatic heterocycles. The third-order valence-corrected chi connectivity index (χ3v) is 3.56. The number of aliphatic imine (C=N–C) groups is 1. The van der Waals surface area contributed by atoms with Crippen LogP contribution in [0.1, 0.15) is 30.5 Å². The third-order valence-electron chi connectivity index (χ3n) is 3.56. The van der Waals surface area contributed by atoms with Crippen molar-refractivity contribution >= 4 is 5.96 Å². The molecule has 0 aliphatic carbocycles. The van der Waals surface area contributed by atoms with Gasteiger partial charge in [0.05, 0.1) is 12.7 Å². The van der Waals surface area contributed by atoms with Gasteiger partial charge in [-0.3, -0.25) is 4.99 Å². The quantitative estimate of drug-likeness (QED) is 0.605. The molecule has 0 unspecified atom stereocenters. The van der Waals surface area contributed by atoms with Crippen LogP contribution in [0.5, 0.6) is 0 Å². The molecule has 24 heavy (non-hydrogen) atoms. The summed E-state index contributed by atoms with van der Waals surface area (Å²) in [5.41, 5.74) is 3.63. The molecule has 0 heterocycles. The first-order valence-electron chi connectivity index (χ1n) is 8.35. The van der Waals surface area contributed by atoms with E-state index >= 15 is 0 Å². The molecule has 128 valence electrons. The molecule has 0 amide bonds. The van der Waals surface area contributed by atoms with Crippen molar-refractivity contribution in [3.63, 3.8) is 0 Å². The molecular weight excluding hydrogens is 298 g/mol. The van der Waals surface area contributed by atoms with Crippen LogP contribution in [0.25, 0.3) is 0 Å². The van der Waals surface area contributed by atoms with Crippen molar-refractivity contribution in [2.45, 2.75) is 39.6 Å². The highest BCUT2D eigenvalue weighted by atomic mass is 16.5. The molecule has 0 saturated carbocycles. The van der Waals surface area contributed by atoms with Crippen LogP contribution in [0.15, 0.2) is 59.6 Å². The van der Waals surface area contributed by atoms with Crippen molar-refractivity contribution < 1.29 is 4.74 Å². The van der Waals surface area contributed by atoms with Gasteiger partial charge in [0.25, 0.3) is 0 Å². The minimum Gasteiger partial charge on any atom is -0.374 e. The fraction of sp³-hybridized carbons (Fsp3) is 0.350. The van der Waals surface area contributed by atoms with Crippen LogP contribution in [0.3, 0.4) is 0 Å². The minimum absolute atomic E-state index is 0.243. The summed E-state index contributed by atoms with van der Waals surface area (Å²) in [6.07, 6.45) is 0.243. The van der Waals surface area contributed by atoms with Gasteiger partial charge in [0, 0.05) is 20.1 Å². The Bertz CT molecular complexity index is 638. The summed E-state index contributed by atoms with van der Waals surface area (Å²) in [7, 11) is 1.78. The largest absolute Gasteiger partial charge is 0.374 e.